The highest BCUT2D eigenvalue weighted by atomic mass is 16.5. The van der Waals surface area contributed by atoms with Crippen LogP contribution in [0.25, 0.3) is 33.2 Å². The first-order chi connectivity index (χ1) is 11.8. The van der Waals surface area contributed by atoms with Crippen LogP contribution in [0.4, 0.5) is 0 Å². The van der Waals surface area contributed by atoms with Crippen molar-refractivity contribution in [1.29, 1.82) is 0 Å². The third-order valence-electron chi connectivity index (χ3n) is 4.14. The van der Waals surface area contributed by atoms with Crippen molar-refractivity contribution < 1.29 is 4.74 Å². The van der Waals surface area contributed by atoms with E-state index in [4.69, 9.17) is 4.74 Å². The lowest BCUT2D eigenvalue weighted by Gasteiger charge is -2.09. The van der Waals surface area contributed by atoms with Crippen LogP contribution >= 0.6 is 0 Å². The SMILES string of the molecule is COc1ccc(-c2ccnc3ccc(-c4cn[nH]c4C)cc23)cn1. The number of aromatic nitrogens is 4. The summed E-state index contributed by atoms with van der Waals surface area (Å²) < 4.78 is 5.14. The molecule has 0 spiro atoms. The lowest BCUT2D eigenvalue weighted by atomic mass is 9.98. The van der Waals surface area contributed by atoms with E-state index in [1.807, 2.05) is 49.8 Å². The number of hydrogen-bond acceptors (Lipinski definition) is 4. The van der Waals surface area contributed by atoms with Crippen molar-refractivity contribution in [1.82, 2.24) is 20.2 Å². The number of pyridine rings is 2. The molecule has 0 radical (unpaired) electrons. The molecular weight excluding hydrogens is 300 g/mol. The van der Waals surface area contributed by atoms with Crippen LogP contribution in [0.5, 0.6) is 5.88 Å². The van der Waals surface area contributed by atoms with Gasteiger partial charge in [-0.3, -0.25) is 10.1 Å². The number of fused-ring (bicyclic) bond motifs is 1. The minimum atomic E-state index is 0.604. The second kappa shape index (κ2) is 5.77. The summed E-state index contributed by atoms with van der Waals surface area (Å²) in [5.41, 5.74) is 6.34. The molecule has 0 saturated heterocycles. The summed E-state index contributed by atoms with van der Waals surface area (Å²) in [7, 11) is 1.61. The van der Waals surface area contributed by atoms with Crippen molar-refractivity contribution >= 4 is 10.9 Å². The fourth-order valence-corrected chi connectivity index (χ4v) is 2.87. The Morgan fingerprint density at radius 3 is 2.50 bits per heavy atom. The molecule has 1 N–H and O–H groups in total. The number of H-pyrrole nitrogens is 1. The zero-order chi connectivity index (χ0) is 16.5. The van der Waals surface area contributed by atoms with Crippen molar-refractivity contribution in [2.24, 2.45) is 0 Å². The number of aromatic amines is 1. The van der Waals surface area contributed by atoms with E-state index < -0.39 is 0 Å². The lowest BCUT2D eigenvalue weighted by molar-refractivity contribution is 0.398. The van der Waals surface area contributed by atoms with Crippen LogP contribution in [0, 0.1) is 6.92 Å². The Hall–Kier alpha value is -3.21. The molecule has 0 atom stereocenters. The molecule has 0 saturated carbocycles. The number of benzene rings is 1. The molecule has 0 unspecified atom stereocenters. The van der Waals surface area contributed by atoms with Crippen molar-refractivity contribution in [2.75, 3.05) is 7.11 Å². The maximum absolute atomic E-state index is 5.14. The van der Waals surface area contributed by atoms with E-state index in [0.717, 1.165) is 38.9 Å². The van der Waals surface area contributed by atoms with Crippen LogP contribution in [0.15, 0.2) is 55.0 Å². The quantitative estimate of drug-likeness (QED) is 0.620. The molecule has 0 bridgehead atoms. The number of rotatable bonds is 3. The van der Waals surface area contributed by atoms with Gasteiger partial charge in [0.25, 0.3) is 0 Å². The first kappa shape index (κ1) is 14.4. The molecule has 5 nitrogen and oxygen atoms in total. The molecule has 0 aliphatic heterocycles. The molecular formula is C19H16N4O. The molecule has 0 amide bonds. The Labute approximate surface area is 139 Å². The molecule has 4 rings (SSSR count). The van der Waals surface area contributed by atoms with E-state index in [0.29, 0.717) is 5.88 Å². The average molecular weight is 316 g/mol. The first-order valence-electron chi connectivity index (χ1n) is 7.66. The molecule has 5 heteroatoms. The van der Waals surface area contributed by atoms with E-state index in [9.17, 15) is 0 Å². The van der Waals surface area contributed by atoms with E-state index >= 15 is 0 Å². The largest absolute Gasteiger partial charge is 0.481 e. The predicted molar refractivity (Wildman–Crippen MR) is 93.8 cm³/mol. The third kappa shape index (κ3) is 2.40. The molecule has 0 aliphatic rings. The second-order valence-corrected chi connectivity index (χ2v) is 5.59. The number of hydrogen-bond donors (Lipinski definition) is 1. The smallest absolute Gasteiger partial charge is 0.212 e. The summed E-state index contributed by atoms with van der Waals surface area (Å²) in [6.45, 7) is 2.02. The van der Waals surface area contributed by atoms with Crippen LogP contribution in [0.1, 0.15) is 5.69 Å². The van der Waals surface area contributed by atoms with Crippen LogP contribution < -0.4 is 4.74 Å². The molecule has 4 aromatic rings. The normalized spacial score (nSPS) is 10.9. The summed E-state index contributed by atoms with van der Waals surface area (Å²) >= 11 is 0. The summed E-state index contributed by atoms with van der Waals surface area (Å²) in [6, 6.07) is 12.2. The topological polar surface area (TPSA) is 63.7 Å². The summed E-state index contributed by atoms with van der Waals surface area (Å²) in [4.78, 5) is 8.79. The maximum Gasteiger partial charge on any atom is 0.212 e. The van der Waals surface area contributed by atoms with Crippen molar-refractivity contribution in [2.45, 2.75) is 6.92 Å². The van der Waals surface area contributed by atoms with Crippen LogP contribution in [0.3, 0.4) is 0 Å². The van der Waals surface area contributed by atoms with Crippen molar-refractivity contribution in [3.8, 4) is 28.1 Å². The second-order valence-electron chi connectivity index (χ2n) is 5.59. The molecule has 1 aromatic carbocycles. The minimum absolute atomic E-state index is 0.604. The lowest BCUT2D eigenvalue weighted by Crippen LogP contribution is -1.89. The van der Waals surface area contributed by atoms with Gasteiger partial charge >= 0.3 is 0 Å². The average Bonchev–Trinajstić information content (AvgIpc) is 3.07. The Bertz CT molecular complexity index is 1010. The Balaban J connectivity index is 1.90. The van der Waals surface area contributed by atoms with E-state index in [2.05, 4.69) is 32.3 Å². The van der Waals surface area contributed by atoms with Crippen molar-refractivity contribution in [3.05, 3.63) is 60.7 Å². The standard InChI is InChI=1S/C19H16N4O/c1-12-17(11-22-23-12)13-3-5-18-16(9-13)15(7-8-20-18)14-4-6-19(24-2)21-10-14/h3-11H,1-2H3,(H,22,23). The van der Waals surface area contributed by atoms with Crippen LogP contribution in [-0.4, -0.2) is 27.3 Å². The Morgan fingerprint density at radius 1 is 0.917 bits per heavy atom. The molecule has 3 aromatic heterocycles. The van der Waals surface area contributed by atoms with E-state index in [1.54, 1.807) is 7.11 Å². The number of nitrogens with one attached hydrogen (secondary N) is 1. The maximum atomic E-state index is 5.14. The van der Waals surface area contributed by atoms with Crippen LogP contribution in [-0.2, 0) is 0 Å². The third-order valence-corrected chi connectivity index (χ3v) is 4.14. The predicted octanol–water partition coefficient (Wildman–Crippen LogP) is 4.00. The van der Waals surface area contributed by atoms with Gasteiger partial charge < -0.3 is 4.74 Å². The molecule has 3 heterocycles. The fraction of sp³-hybridized carbons (Fsp3) is 0.105. The molecule has 0 fully saturated rings. The molecule has 24 heavy (non-hydrogen) atoms. The Morgan fingerprint density at radius 2 is 1.79 bits per heavy atom. The Kier molecular flexibility index (Phi) is 3.46. The fourth-order valence-electron chi connectivity index (χ4n) is 2.87. The number of methoxy groups -OCH3 is 1. The van der Waals surface area contributed by atoms with Crippen molar-refractivity contribution in [3.63, 3.8) is 0 Å². The van der Waals surface area contributed by atoms with Gasteiger partial charge in [0.2, 0.25) is 5.88 Å². The van der Waals surface area contributed by atoms with Gasteiger partial charge in [0.15, 0.2) is 0 Å². The van der Waals surface area contributed by atoms with Gasteiger partial charge in [0.1, 0.15) is 0 Å². The van der Waals surface area contributed by atoms with Gasteiger partial charge in [-0.05, 0) is 42.3 Å². The molecule has 118 valence electrons. The van der Waals surface area contributed by atoms with E-state index in [1.165, 1.54) is 0 Å². The van der Waals surface area contributed by atoms with Gasteiger partial charge in [-0.15, -0.1) is 0 Å². The summed E-state index contributed by atoms with van der Waals surface area (Å²) in [6.07, 6.45) is 5.50. The highest BCUT2D eigenvalue weighted by molar-refractivity contribution is 5.96. The monoisotopic (exact) mass is 316 g/mol. The molecule has 0 aliphatic carbocycles. The zero-order valence-corrected chi connectivity index (χ0v) is 13.4. The van der Waals surface area contributed by atoms with Gasteiger partial charge in [0.05, 0.1) is 18.8 Å². The number of aryl methyl sites for hydroxylation is 1. The highest BCUT2D eigenvalue weighted by Crippen LogP contribution is 2.31. The van der Waals surface area contributed by atoms with Gasteiger partial charge in [-0.2, -0.15) is 5.10 Å². The minimum Gasteiger partial charge on any atom is -0.481 e. The first-order valence-corrected chi connectivity index (χ1v) is 7.66. The van der Waals surface area contributed by atoms with Crippen LogP contribution in [0.2, 0.25) is 0 Å². The zero-order valence-electron chi connectivity index (χ0n) is 13.4. The summed E-state index contributed by atoms with van der Waals surface area (Å²) in [5, 5.41) is 8.18. The van der Waals surface area contributed by atoms with E-state index in [-0.39, 0.29) is 0 Å². The number of nitrogens with zero attached hydrogens (tertiary/aromatic N) is 3. The van der Waals surface area contributed by atoms with Gasteiger partial charge in [-0.25, -0.2) is 4.98 Å². The summed E-state index contributed by atoms with van der Waals surface area (Å²) in [5.74, 6) is 0.604. The highest BCUT2D eigenvalue weighted by Gasteiger charge is 2.09. The van der Waals surface area contributed by atoms with Gasteiger partial charge in [0, 0.05) is 40.7 Å². The number of ether oxygens (including phenoxy) is 1. The van der Waals surface area contributed by atoms with Gasteiger partial charge in [-0.1, -0.05) is 6.07 Å².